The molecule has 20 heavy (non-hydrogen) atoms. The minimum absolute atomic E-state index is 0.0123. The molecule has 0 unspecified atom stereocenters. The van der Waals surface area contributed by atoms with E-state index >= 15 is 0 Å². The summed E-state index contributed by atoms with van der Waals surface area (Å²) in [4.78, 5) is 24.1. The summed E-state index contributed by atoms with van der Waals surface area (Å²) in [6.45, 7) is 6.19. The third-order valence-corrected chi connectivity index (χ3v) is 2.88. The van der Waals surface area contributed by atoms with Gasteiger partial charge in [0.15, 0.2) is 0 Å². The van der Waals surface area contributed by atoms with Gasteiger partial charge in [-0.05, 0) is 24.3 Å². The summed E-state index contributed by atoms with van der Waals surface area (Å²) in [7, 11) is 1.73. The first-order valence-electron chi connectivity index (χ1n) is 6.65. The number of nitrogens with zero attached hydrogens (tertiary/aromatic N) is 1. The molecule has 0 aromatic heterocycles. The second kappa shape index (κ2) is 7.53. The maximum absolute atomic E-state index is 11.5. The number of amides is 2. The SMILES string of the molecule is CC(=O)N(C)CCOc1ccc(NC(=O)C(C)C)cc1. The maximum Gasteiger partial charge on any atom is 0.226 e. The standard InChI is InChI=1S/C15H22N2O3/c1-11(2)15(19)16-13-5-7-14(8-6-13)20-10-9-17(4)12(3)18/h5-8,11H,9-10H2,1-4H3,(H,16,19). The van der Waals surface area contributed by atoms with Crippen molar-refractivity contribution in [3.8, 4) is 5.75 Å². The van der Waals surface area contributed by atoms with Crippen LogP contribution < -0.4 is 10.1 Å². The van der Waals surface area contributed by atoms with Crippen LogP contribution in [0.5, 0.6) is 5.75 Å². The number of likely N-dealkylation sites (N-methyl/N-ethyl adjacent to an activating group) is 1. The Morgan fingerprint density at radius 1 is 1.25 bits per heavy atom. The average molecular weight is 278 g/mol. The van der Waals surface area contributed by atoms with Crippen molar-refractivity contribution in [2.24, 2.45) is 5.92 Å². The van der Waals surface area contributed by atoms with Gasteiger partial charge in [-0.25, -0.2) is 0 Å². The number of carbonyl (C=O) groups is 2. The summed E-state index contributed by atoms with van der Waals surface area (Å²) in [5, 5.41) is 2.81. The molecule has 0 aliphatic heterocycles. The third kappa shape index (κ3) is 5.30. The molecule has 5 nitrogen and oxygen atoms in total. The zero-order chi connectivity index (χ0) is 15.1. The van der Waals surface area contributed by atoms with E-state index in [9.17, 15) is 9.59 Å². The van der Waals surface area contributed by atoms with E-state index in [4.69, 9.17) is 4.74 Å². The van der Waals surface area contributed by atoms with Gasteiger partial charge in [0.05, 0.1) is 6.54 Å². The highest BCUT2D eigenvalue weighted by atomic mass is 16.5. The molecule has 0 atom stereocenters. The molecule has 0 radical (unpaired) electrons. The molecule has 110 valence electrons. The van der Waals surface area contributed by atoms with E-state index in [0.29, 0.717) is 18.9 Å². The van der Waals surface area contributed by atoms with E-state index in [1.165, 1.54) is 6.92 Å². The summed E-state index contributed by atoms with van der Waals surface area (Å²) >= 11 is 0. The molecule has 5 heteroatoms. The first-order valence-corrected chi connectivity index (χ1v) is 6.65. The molecule has 0 aliphatic rings. The van der Waals surface area contributed by atoms with Crippen molar-refractivity contribution >= 4 is 17.5 Å². The normalized spacial score (nSPS) is 10.2. The molecule has 1 N–H and O–H groups in total. The lowest BCUT2D eigenvalue weighted by atomic mass is 10.2. The van der Waals surface area contributed by atoms with Gasteiger partial charge in [-0.2, -0.15) is 0 Å². The van der Waals surface area contributed by atoms with Crippen LogP contribution in [0, 0.1) is 5.92 Å². The van der Waals surface area contributed by atoms with Gasteiger partial charge in [0.25, 0.3) is 0 Å². The van der Waals surface area contributed by atoms with Crippen molar-refractivity contribution in [1.29, 1.82) is 0 Å². The second-order valence-electron chi connectivity index (χ2n) is 4.96. The van der Waals surface area contributed by atoms with Gasteiger partial charge >= 0.3 is 0 Å². The fourth-order valence-electron chi connectivity index (χ4n) is 1.38. The number of hydrogen-bond acceptors (Lipinski definition) is 3. The summed E-state index contributed by atoms with van der Waals surface area (Å²) in [6, 6.07) is 7.18. The van der Waals surface area contributed by atoms with Crippen molar-refractivity contribution < 1.29 is 14.3 Å². The van der Waals surface area contributed by atoms with Crippen molar-refractivity contribution in [2.75, 3.05) is 25.5 Å². The summed E-state index contributed by atoms with van der Waals surface area (Å²) in [5.41, 5.74) is 0.747. The molecular weight excluding hydrogens is 256 g/mol. The van der Waals surface area contributed by atoms with Crippen LogP contribution in [0.3, 0.4) is 0 Å². The van der Waals surface area contributed by atoms with E-state index in [-0.39, 0.29) is 17.7 Å². The van der Waals surface area contributed by atoms with Gasteiger partial charge in [-0.1, -0.05) is 13.8 Å². The Morgan fingerprint density at radius 3 is 2.35 bits per heavy atom. The first kappa shape index (κ1) is 16.0. The molecule has 2 amide bonds. The van der Waals surface area contributed by atoms with E-state index in [1.807, 2.05) is 13.8 Å². The first-order chi connectivity index (χ1) is 9.40. The lowest BCUT2D eigenvalue weighted by Crippen LogP contribution is -2.28. The fourth-order valence-corrected chi connectivity index (χ4v) is 1.38. The topological polar surface area (TPSA) is 58.6 Å². The van der Waals surface area contributed by atoms with Crippen LogP contribution >= 0.6 is 0 Å². The van der Waals surface area contributed by atoms with Crippen LogP contribution in [-0.2, 0) is 9.59 Å². The highest BCUT2D eigenvalue weighted by molar-refractivity contribution is 5.92. The molecule has 0 fully saturated rings. The van der Waals surface area contributed by atoms with E-state index in [0.717, 1.165) is 5.69 Å². The molecule has 1 aromatic carbocycles. The van der Waals surface area contributed by atoms with Crippen LogP contribution in [0.25, 0.3) is 0 Å². The summed E-state index contributed by atoms with van der Waals surface area (Å²) in [6.07, 6.45) is 0. The smallest absolute Gasteiger partial charge is 0.226 e. The minimum Gasteiger partial charge on any atom is -0.492 e. The number of benzene rings is 1. The Bertz CT molecular complexity index is 455. The fraction of sp³-hybridized carbons (Fsp3) is 0.467. The molecule has 0 heterocycles. The number of carbonyl (C=O) groups excluding carboxylic acids is 2. The molecular formula is C15H22N2O3. The molecule has 0 aliphatic carbocycles. The quantitative estimate of drug-likeness (QED) is 0.867. The molecule has 0 saturated heterocycles. The van der Waals surface area contributed by atoms with Crippen molar-refractivity contribution in [3.63, 3.8) is 0 Å². The van der Waals surface area contributed by atoms with Crippen LogP contribution in [0.2, 0.25) is 0 Å². The molecule has 1 aromatic rings. The van der Waals surface area contributed by atoms with E-state index < -0.39 is 0 Å². The van der Waals surface area contributed by atoms with Crippen molar-refractivity contribution in [3.05, 3.63) is 24.3 Å². The van der Waals surface area contributed by atoms with Gasteiger partial charge in [0.1, 0.15) is 12.4 Å². The lowest BCUT2D eigenvalue weighted by Gasteiger charge is -2.15. The molecule has 0 saturated carbocycles. The maximum atomic E-state index is 11.5. The number of hydrogen-bond donors (Lipinski definition) is 1. The Kier molecular flexibility index (Phi) is 6.03. The monoisotopic (exact) mass is 278 g/mol. The third-order valence-electron chi connectivity index (χ3n) is 2.88. The Morgan fingerprint density at radius 2 is 1.85 bits per heavy atom. The van der Waals surface area contributed by atoms with Crippen molar-refractivity contribution in [2.45, 2.75) is 20.8 Å². The van der Waals surface area contributed by atoms with Gasteiger partial charge < -0.3 is 15.0 Å². The van der Waals surface area contributed by atoms with Crippen LogP contribution in [0.1, 0.15) is 20.8 Å². The summed E-state index contributed by atoms with van der Waals surface area (Å²) < 4.78 is 5.53. The van der Waals surface area contributed by atoms with Gasteiger partial charge in [0.2, 0.25) is 11.8 Å². The molecule has 0 spiro atoms. The number of anilines is 1. The lowest BCUT2D eigenvalue weighted by molar-refractivity contribution is -0.127. The Hall–Kier alpha value is -2.04. The Balaban J connectivity index is 2.43. The predicted octanol–water partition coefficient (Wildman–Crippen LogP) is 2.14. The second-order valence-corrected chi connectivity index (χ2v) is 4.96. The number of ether oxygens (including phenoxy) is 1. The zero-order valence-electron chi connectivity index (χ0n) is 12.5. The van der Waals surface area contributed by atoms with Crippen molar-refractivity contribution in [1.82, 2.24) is 4.90 Å². The van der Waals surface area contributed by atoms with Crippen LogP contribution in [0.15, 0.2) is 24.3 Å². The van der Waals surface area contributed by atoms with Gasteiger partial charge in [0, 0.05) is 25.6 Å². The minimum atomic E-state index is -0.0481. The van der Waals surface area contributed by atoms with Gasteiger partial charge in [-0.3, -0.25) is 9.59 Å². The van der Waals surface area contributed by atoms with Crippen LogP contribution in [0.4, 0.5) is 5.69 Å². The largest absolute Gasteiger partial charge is 0.492 e. The zero-order valence-corrected chi connectivity index (χ0v) is 12.5. The molecule has 0 bridgehead atoms. The number of nitrogens with one attached hydrogen (secondary N) is 1. The van der Waals surface area contributed by atoms with E-state index in [1.54, 1.807) is 36.2 Å². The molecule has 1 rings (SSSR count). The van der Waals surface area contributed by atoms with E-state index in [2.05, 4.69) is 5.32 Å². The summed E-state index contributed by atoms with van der Waals surface area (Å²) in [5.74, 6) is 0.666. The van der Waals surface area contributed by atoms with Gasteiger partial charge in [-0.15, -0.1) is 0 Å². The highest BCUT2D eigenvalue weighted by Crippen LogP contribution is 2.16. The Labute approximate surface area is 119 Å². The van der Waals surface area contributed by atoms with Crippen LogP contribution in [-0.4, -0.2) is 36.9 Å². The number of rotatable bonds is 6. The average Bonchev–Trinajstić information content (AvgIpc) is 2.40. The predicted molar refractivity (Wildman–Crippen MR) is 78.7 cm³/mol. The highest BCUT2D eigenvalue weighted by Gasteiger charge is 2.07.